The Kier molecular flexibility index (Phi) is 4.82. The van der Waals surface area contributed by atoms with Crippen LogP contribution in [-0.2, 0) is 16.0 Å². The first-order valence-electron chi connectivity index (χ1n) is 7.21. The van der Waals surface area contributed by atoms with Crippen molar-refractivity contribution in [2.24, 2.45) is 0 Å². The Hall–Kier alpha value is -2.38. The van der Waals surface area contributed by atoms with Gasteiger partial charge in [0.15, 0.2) is 5.37 Å². The first-order valence-corrected chi connectivity index (χ1v) is 8.50. The fourth-order valence-corrected chi connectivity index (χ4v) is 3.70. The van der Waals surface area contributed by atoms with Crippen molar-refractivity contribution in [1.82, 2.24) is 5.32 Å². The molecule has 0 aromatic heterocycles. The zero-order valence-electron chi connectivity index (χ0n) is 12.5. The molecule has 0 aliphatic carbocycles. The Balaban J connectivity index is 1.67. The Labute approximate surface area is 148 Å². The van der Waals surface area contributed by atoms with Crippen LogP contribution in [0.5, 0.6) is 5.75 Å². The van der Waals surface area contributed by atoms with E-state index in [0.717, 1.165) is 17.3 Å². The number of amides is 2. The molecule has 1 aliphatic heterocycles. The second kappa shape index (κ2) is 7.02. The lowest BCUT2D eigenvalue weighted by atomic mass is 10.1. The maximum Gasteiger partial charge on any atom is 0.266 e. The summed E-state index contributed by atoms with van der Waals surface area (Å²) in [4.78, 5) is 26.0. The molecule has 2 N–H and O–H groups in total. The molecule has 0 spiro atoms. The molecule has 1 heterocycles. The van der Waals surface area contributed by atoms with Crippen LogP contribution in [0.15, 0.2) is 54.6 Å². The molecule has 1 aliphatic rings. The van der Waals surface area contributed by atoms with Crippen LogP contribution in [0.4, 0.5) is 5.69 Å². The van der Waals surface area contributed by atoms with E-state index in [1.165, 1.54) is 17.0 Å². The number of thiocarbonyl (C=S) groups is 1. The third-order valence-electron chi connectivity index (χ3n) is 3.45. The SMILES string of the molecule is O=C(Cc1ccccc1)NC1SC(=S)N(c2ccc(O)cc2)C1=O. The van der Waals surface area contributed by atoms with Gasteiger partial charge in [-0.3, -0.25) is 14.5 Å². The van der Waals surface area contributed by atoms with E-state index < -0.39 is 5.37 Å². The van der Waals surface area contributed by atoms with E-state index in [0.29, 0.717) is 10.0 Å². The molecule has 3 rings (SSSR count). The molecule has 122 valence electrons. The molecule has 24 heavy (non-hydrogen) atoms. The second-order valence-electron chi connectivity index (χ2n) is 5.18. The lowest BCUT2D eigenvalue weighted by Gasteiger charge is -2.15. The van der Waals surface area contributed by atoms with Crippen molar-refractivity contribution in [2.45, 2.75) is 11.8 Å². The van der Waals surface area contributed by atoms with Crippen LogP contribution in [0.2, 0.25) is 0 Å². The minimum atomic E-state index is -0.734. The van der Waals surface area contributed by atoms with Gasteiger partial charge in [-0.15, -0.1) is 0 Å². The molecule has 2 aromatic rings. The van der Waals surface area contributed by atoms with Crippen molar-refractivity contribution in [2.75, 3.05) is 4.90 Å². The third kappa shape index (κ3) is 3.58. The number of hydrogen-bond acceptors (Lipinski definition) is 5. The molecule has 1 atom stereocenters. The van der Waals surface area contributed by atoms with Crippen molar-refractivity contribution in [3.8, 4) is 5.75 Å². The summed E-state index contributed by atoms with van der Waals surface area (Å²) in [6.45, 7) is 0. The van der Waals surface area contributed by atoms with Crippen LogP contribution in [-0.4, -0.2) is 26.6 Å². The number of phenols is 1. The number of carbonyl (C=O) groups excluding carboxylic acids is 2. The fourth-order valence-electron chi connectivity index (χ4n) is 2.32. The standard InChI is InChI=1S/C17H14N2O3S2/c20-13-8-6-12(7-9-13)19-16(22)15(24-17(19)23)18-14(21)10-11-4-2-1-3-5-11/h1-9,15,20H,10H2,(H,18,21). The normalized spacial score (nSPS) is 17.2. The monoisotopic (exact) mass is 358 g/mol. The van der Waals surface area contributed by atoms with Gasteiger partial charge in [0.25, 0.3) is 5.91 Å². The molecule has 1 unspecified atom stereocenters. The number of phenolic OH excluding ortho intramolecular Hbond substituents is 1. The summed E-state index contributed by atoms with van der Waals surface area (Å²) in [5.74, 6) is -0.420. The topological polar surface area (TPSA) is 69.6 Å². The molecule has 2 aromatic carbocycles. The number of nitrogens with one attached hydrogen (secondary N) is 1. The Bertz CT molecular complexity index is 778. The van der Waals surface area contributed by atoms with E-state index in [2.05, 4.69) is 5.32 Å². The maximum absolute atomic E-state index is 12.5. The molecule has 7 heteroatoms. The van der Waals surface area contributed by atoms with Crippen molar-refractivity contribution in [3.63, 3.8) is 0 Å². The number of thioether (sulfide) groups is 1. The smallest absolute Gasteiger partial charge is 0.266 e. The lowest BCUT2D eigenvalue weighted by Crippen LogP contribution is -2.41. The Morgan fingerprint density at radius 3 is 2.50 bits per heavy atom. The summed E-state index contributed by atoms with van der Waals surface area (Å²) in [7, 11) is 0. The molecule has 1 fully saturated rings. The second-order valence-corrected chi connectivity index (χ2v) is 6.92. The summed E-state index contributed by atoms with van der Waals surface area (Å²) in [5.41, 5.74) is 1.44. The Morgan fingerprint density at radius 1 is 1.17 bits per heavy atom. The zero-order chi connectivity index (χ0) is 17.1. The van der Waals surface area contributed by atoms with Gasteiger partial charge >= 0.3 is 0 Å². The molecule has 1 saturated heterocycles. The highest BCUT2D eigenvalue weighted by molar-refractivity contribution is 8.25. The van der Waals surface area contributed by atoms with E-state index in [1.807, 2.05) is 30.3 Å². The average Bonchev–Trinajstić information content (AvgIpc) is 2.83. The minimum Gasteiger partial charge on any atom is -0.508 e. The first-order chi connectivity index (χ1) is 11.5. The maximum atomic E-state index is 12.5. The van der Waals surface area contributed by atoms with Crippen LogP contribution in [0.1, 0.15) is 5.56 Å². The van der Waals surface area contributed by atoms with Gasteiger partial charge in [-0.25, -0.2) is 0 Å². The van der Waals surface area contributed by atoms with E-state index in [1.54, 1.807) is 12.1 Å². The van der Waals surface area contributed by atoms with Crippen LogP contribution in [0.25, 0.3) is 0 Å². The van der Waals surface area contributed by atoms with Gasteiger partial charge in [-0.2, -0.15) is 0 Å². The van der Waals surface area contributed by atoms with Crippen molar-refractivity contribution in [3.05, 3.63) is 60.2 Å². The summed E-state index contributed by atoms with van der Waals surface area (Å²) in [6.07, 6.45) is 0.206. The number of benzene rings is 2. The van der Waals surface area contributed by atoms with Gasteiger partial charge in [0.1, 0.15) is 10.1 Å². The van der Waals surface area contributed by atoms with Crippen molar-refractivity contribution >= 4 is 45.8 Å². The summed E-state index contributed by atoms with van der Waals surface area (Å²) in [6, 6.07) is 15.5. The molecule has 0 radical (unpaired) electrons. The number of hydrogen-bond donors (Lipinski definition) is 2. The Morgan fingerprint density at radius 2 is 1.83 bits per heavy atom. The van der Waals surface area contributed by atoms with Crippen molar-refractivity contribution in [1.29, 1.82) is 0 Å². The van der Waals surface area contributed by atoms with E-state index in [4.69, 9.17) is 12.2 Å². The molecule has 0 saturated carbocycles. The number of nitrogens with zero attached hydrogens (tertiary/aromatic N) is 1. The highest BCUT2D eigenvalue weighted by Crippen LogP contribution is 2.31. The highest BCUT2D eigenvalue weighted by Gasteiger charge is 2.38. The van der Waals surface area contributed by atoms with Crippen LogP contribution >= 0.6 is 24.0 Å². The van der Waals surface area contributed by atoms with Gasteiger partial charge in [-0.1, -0.05) is 54.3 Å². The van der Waals surface area contributed by atoms with Crippen molar-refractivity contribution < 1.29 is 14.7 Å². The first kappa shape index (κ1) is 16.5. The zero-order valence-corrected chi connectivity index (χ0v) is 14.1. The predicted octanol–water partition coefficient (Wildman–Crippen LogP) is 2.44. The highest BCUT2D eigenvalue weighted by atomic mass is 32.2. The lowest BCUT2D eigenvalue weighted by molar-refractivity contribution is -0.124. The molecular formula is C17H14N2O3S2. The number of anilines is 1. The van der Waals surface area contributed by atoms with Gasteiger partial charge in [-0.05, 0) is 29.8 Å². The number of aromatic hydroxyl groups is 1. The third-order valence-corrected chi connectivity index (χ3v) is 4.86. The predicted molar refractivity (Wildman–Crippen MR) is 97.9 cm³/mol. The molecule has 5 nitrogen and oxygen atoms in total. The summed E-state index contributed by atoms with van der Waals surface area (Å²) >= 11 is 6.38. The van der Waals surface area contributed by atoms with Crippen LogP contribution in [0.3, 0.4) is 0 Å². The van der Waals surface area contributed by atoms with Gasteiger partial charge < -0.3 is 10.4 Å². The fraction of sp³-hybridized carbons (Fsp3) is 0.118. The molecular weight excluding hydrogens is 344 g/mol. The summed E-state index contributed by atoms with van der Waals surface area (Å²) in [5, 5.41) is 11.3. The minimum absolute atomic E-state index is 0.108. The van der Waals surface area contributed by atoms with Crippen LogP contribution in [0, 0.1) is 0 Å². The van der Waals surface area contributed by atoms with E-state index >= 15 is 0 Å². The van der Waals surface area contributed by atoms with Gasteiger partial charge in [0, 0.05) is 0 Å². The molecule has 0 bridgehead atoms. The summed E-state index contributed by atoms with van der Waals surface area (Å²) < 4.78 is 0.371. The quantitative estimate of drug-likeness (QED) is 0.822. The van der Waals surface area contributed by atoms with E-state index in [9.17, 15) is 14.7 Å². The van der Waals surface area contributed by atoms with E-state index in [-0.39, 0.29) is 24.0 Å². The largest absolute Gasteiger partial charge is 0.508 e. The van der Waals surface area contributed by atoms with Crippen LogP contribution < -0.4 is 10.2 Å². The number of carbonyl (C=O) groups is 2. The van der Waals surface area contributed by atoms with Gasteiger partial charge in [0.05, 0.1) is 12.1 Å². The molecule has 2 amide bonds. The average molecular weight is 358 g/mol. The number of rotatable bonds is 4. The van der Waals surface area contributed by atoms with Gasteiger partial charge in [0.2, 0.25) is 5.91 Å².